The van der Waals surface area contributed by atoms with Crippen LogP contribution in [0, 0.1) is 25.7 Å². The van der Waals surface area contributed by atoms with Gasteiger partial charge in [0.2, 0.25) is 17.5 Å². The second kappa shape index (κ2) is 15.2. The molecule has 1 aliphatic rings. The number of hydrogen-bond acceptors (Lipinski definition) is 10. The molecule has 53 heavy (non-hydrogen) atoms. The van der Waals surface area contributed by atoms with E-state index in [2.05, 4.69) is 59.6 Å². The number of fused-ring (bicyclic) bond motifs is 1. The molecule has 0 amide bonds. The molecule has 0 saturated carbocycles. The van der Waals surface area contributed by atoms with Crippen molar-refractivity contribution in [1.82, 2.24) is 25.3 Å². The molecule has 3 N–H and O–H groups in total. The molecule has 0 spiro atoms. The Hall–Kier alpha value is -4.88. The van der Waals surface area contributed by atoms with Crippen molar-refractivity contribution < 1.29 is 27.5 Å². The zero-order chi connectivity index (χ0) is 38.1. The van der Waals surface area contributed by atoms with Crippen LogP contribution < -0.4 is 14.8 Å². The molecule has 3 aromatic heterocycles. The Kier molecular flexibility index (Phi) is 10.9. The average Bonchev–Trinajstić information content (AvgIpc) is 3.43. The number of carbonyl (C=O) groups is 1. The van der Waals surface area contributed by atoms with Crippen LogP contribution in [0.1, 0.15) is 99.3 Å². The average molecular weight is 741 g/mol. The maximum atomic E-state index is 13.5. The fourth-order valence-corrected chi connectivity index (χ4v) is 7.97. The van der Waals surface area contributed by atoms with Gasteiger partial charge in [-0.2, -0.15) is 4.98 Å². The van der Waals surface area contributed by atoms with Crippen LogP contribution in [0.3, 0.4) is 0 Å². The van der Waals surface area contributed by atoms with Crippen molar-refractivity contribution in [2.45, 2.75) is 96.5 Å². The van der Waals surface area contributed by atoms with E-state index < -0.39 is 16.0 Å². The molecule has 0 unspecified atom stereocenters. The zero-order valence-corrected chi connectivity index (χ0v) is 32.1. The largest absolute Gasteiger partial charge is 0.478 e. The minimum absolute atomic E-state index is 0.0647. The van der Waals surface area contributed by atoms with Gasteiger partial charge < -0.3 is 19.6 Å². The highest BCUT2D eigenvalue weighted by Crippen LogP contribution is 2.34. The molecule has 5 aromatic rings. The van der Waals surface area contributed by atoms with Gasteiger partial charge in [0, 0.05) is 29.2 Å². The summed E-state index contributed by atoms with van der Waals surface area (Å²) in [5.41, 5.74) is 5.01. The normalized spacial score (nSPS) is 18.2. The van der Waals surface area contributed by atoms with Crippen molar-refractivity contribution >= 4 is 33.2 Å². The topological polar surface area (TPSA) is 169 Å². The van der Waals surface area contributed by atoms with E-state index in [0.29, 0.717) is 23.2 Å². The van der Waals surface area contributed by atoms with Gasteiger partial charge in [0.25, 0.3) is 10.0 Å². The van der Waals surface area contributed by atoms with Gasteiger partial charge in [-0.15, -0.1) is 0 Å². The number of nitrogens with one attached hydrogen (secondary N) is 2. The Morgan fingerprint density at radius 1 is 1.04 bits per heavy atom. The molecule has 6 rings (SSSR count). The highest BCUT2D eigenvalue weighted by Gasteiger charge is 2.31. The van der Waals surface area contributed by atoms with E-state index in [-0.39, 0.29) is 46.4 Å². The van der Waals surface area contributed by atoms with E-state index >= 15 is 0 Å². The summed E-state index contributed by atoms with van der Waals surface area (Å²) in [6, 6.07) is 14.6. The summed E-state index contributed by atoms with van der Waals surface area (Å²) in [5, 5.41) is 13.3. The standard InChI is InChI=1S/C40H48N6O6S/c1-23(2)17-26-13-10-16-29(32-21-41-37-31(43-32)19-34(52-37)40(5,6)7)42-33(26)22-51-35-20-30(36-24(3)11-8-12-25(36)4)44-39(45-35)46-53(49,50)28-15-9-14-27(18-28)38(47)48/h8-9,11-12,14-15,18-21,23,26,29,33,42H,10,13,16-17,22H2,1-7H3,(H,47,48)(H,44,45,46)/t26-,29-,33-/m0/s1. The molecule has 0 aliphatic carbocycles. The molecule has 1 fully saturated rings. The maximum Gasteiger partial charge on any atom is 0.335 e. The lowest BCUT2D eigenvalue weighted by atomic mass is 9.87. The molecular weight excluding hydrogens is 693 g/mol. The molecule has 280 valence electrons. The number of aryl methyl sites for hydroxylation is 2. The number of aromatic nitrogens is 4. The third kappa shape index (κ3) is 8.85. The summed E-state index contributed by atoms with van der Waals surface area (Å²) in [7, 11) is -4.25. The molecule has 1 aliphatic heterocycles. The molecule has 1 saturated heterocycles. The highest BCUT2D eigenvalue weighted by atomic mass is 32.2. The Balaban J connectivity index is 1.32. The van der Waals surface area contributed by atoms with E-state index in [1.165, 1.54) is 18.2 Å². The van der Waals surface area contributed by atoms with E-state index in [1.807, 2.05) is 38.1 Å². The fraction of sp³-hybridized carbons (Fsp3) is 0.425. The first-order valence-electron chi connectivity index (χ1n) is 18.0. The van der Waals surface area contributed by atoms with Crippen molar-refractivity contribution in [3.63, 3.8) is 0 Å². The van der Waals surface area contributed by atoms with E-state index in [0.717, 1.165) is 65.4 Å². The van der Waals surface area contributed by atoms with Gasteiger partial charge in [0.15, 0.2) is 0 Å². The van der Waals surface area contributed by atoms with Crippen molar-refractivity contribution in [2.24, 2.45) is 11.8 Å². The van der Waals surface area contributed by atoms with Gasteiger partial charge in [0.05, 0.1) is 34.1 Å². The summed E-state index contributed by atoms with van der Waals surface area (Å²) in [4.78, 5) is 30.1. The van der Waals surface area contributed by atoms with Crippen LogP contribution in [-0.2, 0) is 15.4 Å². The summed E-state index contributed by atoms with van der Waals surface area (Å²) < 4.78 is 42.0. The maximum absolute atomic E-state index is 13.5. The lowest BCUT2D eigenvalue weighted by Crippen LogP contribution is -2.42. The number of sulfonamides is 1. The minimum atomic E-state index is -4.25. The number of ether oxygens (including phenoxy) is 1. The second-order valence-corrected chi connectivity index (χ2v) is 17.1. The molecule has 3 atom stereocenters. The van der Waals surface area contributed by atoms with Crippen molar-refractivity contribution in [2.75, 3.05) is 11.3 Å². The highest BCUT2D eigenvalue weighted by molar-refractivity contribution is 7.92. The second-order valence-electron chi connectivity index (χ2n) is 15.4. The smallest absolute Gasteiger partial charge is 0.335 e. The van der Waals surface area contributed by atoms with Crippen LogP contribution >= 0.6 is 0 Å². The Labute approximate surface area is 310 Å². The number of furan rings is 1. The van der Waals surface area contributed by atoms with Crippen LogP contribution in [0.25, 0.3) is 22.5 Å². The van der Waals surface area contributed by atoms with Gasteiger partial charge in [-0.25, -0.2) is 32.9 Å². The minimum Gasteiger partial charge on any atom is -0.478 e. The predicted octanol–water partition coefficient (Wildman–Crippen LogP) is 8.02. The summed E-state index contributed by atoms with van der Waals surface area (Å²) >= 11 is 0. The molecule has 13 heteroatoms. The zero-order valence-electron chi connectivity index (χ0n) is 31.3. The van der Waals surface area contributed by atoms with Crippen LogP contribution in [0.2, 0.25) is 0 Å². The predicted molar refractivity (Wildman–Crippen MR) is 204 cm³/mol. The van der Waals surface area contributed by atoms with Crippen LogP contribution in [0.4, 0.5) is 5.95 Å². The first-order valence-corrected chi connectivity index (χ1v) is 19.5. The third-order valence-corrected chi connectivity index (χ3v) is 11.0. The Morgan fingerprint density at radius 3 is 2.47 bits per heavy atom. The quantitative estimate of drug-likeness (QED) is 0.120. The lowest BCUT2D eigenvalue weighted by Gasteiger charge is -2.29. The fourth-order valence-electron chi connectivity index (χ4n) is 6.98. The van der Waals surface area contributed by atoms with Gasteiger partial charge >= 0.3 is 5.97 Å². The number of anilines is 1. The molecule has 2 aromatic carbocycles. The molecular formula is C40H48N6O6S. The first-order chi connectivity index (χ1) is 25.1. The monoisotopic (exact) mass is 740 g/mol. The number of carboxylic acids is 1. The Bertz CT molecular complexity index is 2210. The Morgan fingerprint density at radius 2 is 1.77 bits per heavy atom. The van der Waals surface area contributed by atoms with Crippen LogP contribution in [-0.4, -0.2) is 52.1 Å². The molecule has 0 bridgehead atoms. The van der Waals surface area contributed by atoms with Crippen molar-refractivity contribution in [3.05, 3.63) is 88.9 Å². The van der Waals surface area contributed by atoms with Gasteiger partial charge in [0.1, 0.15) is 17.9 Å². The van der Waals surface area contributed by atoms with Crippen LogP contribution in [0.5, 0.6) is 5.88 Å². The van der Waals surface area contributed by atoms with Crippen molar-refractivity contribution in [1.29, 1.82) is 0 Å². The number of rotatable bonds is 11. The molecule has 12 nitrogen and oxygen atoms in total. The molecule has 4 heterocycles. The van der Waals surface area contributed by atoms with E-state index in [9.17, 15) is 18.3 Å². The lowest BCUT2D eigenvalue weighted by molar-refractivity contribution is 0.0696. The van der Waals surface area contributed by atoms with Gasteiger partial charge in [-0.05, 0) is 74.3 Å². The number of benzene rings is 2. The molecule has 0 radical (unpaired) electrons. The number of carboxylic acid groups (broad SMARTS) is 1. The summed E-state index contributed by atoms with van der Waals surface area (Å²) in [5.74, 6) is 0.383. The van der Waals surface area contributed by atoms with Gasteiger partial charge in [-0.1, -0.05) is 65.3 Å². The number of nitrogens with zero attached hydrogens (tertiary/aromatic N) is 4. The van der Waals surface area contributed by atoms with Crippen LogP contribution in [0.15, 0.2) is 70.1 Å². The van der Waals surface area contributed by atoms with E-state index in [4.69, 9.17) is 14.1 Å². The third-order valence-electron chi connectivity index (χ3n) is 9.65. The number of aromatic carboxylic acids is 1. The van der Waals surface area contributed by atoms with Crippen molar-refractivity contribution in [3.8, 4) is 17.1 Å². The van der Waals surface area contributed by atoms with Gasteiger partial charge in [-0.3, -0.25) is 0 Å². The SMILES string of the molecule is Cc1cccc(C)c1-c1cc(OC[C@@H]2N[C@H](c3cnc4oc(C(C)(C)C)cc4n3)CCC[C@H]2CC(C)C)nc(NS(=O)(=O)c2cccc(C(=O)O)c2)n1. The number of hydrogen-bond donors (Lipinski definition) is 3. The van der Waals surface area contributed by atoms with E-state index in [1.54, 1.807) is 12.3 Å². The first kappa shape index (κ1) is 37.9. The summed E-state index contributed by atoms with van der Waals surface area (Å²) in [6.45, 7) is 14.9. The summed E-state index contributed by atoms with van der Waals surface area (Å²) in [6.07, 6.45) is 5.68.